The molecule has 26 heavy (non-hydrogen) atoms. The van der Waals surface area contributed by atoms with Gasteiger partial charge in [0.15, 0.2) is 0 Å². The van der Waals surface area contributed by atoms with Gasteiger partial charge in [0.2, 0.25) is 5.91 Å². The van der Waals surface area contributed by atoms with Gasteiger partial charge in [-0.25, -0.2) is 8.42 Å². The van der Waals surface area contributed by atoms with Crippen molar-refractivity contribution < 1.29 is 17.9 Å². The summed E-state index contributed by atoms with van der Waals surface area (Å²) >= 11 is 5.92. The van der Waals surface area contributed by atoms with Crippen LogP contribution in [0.5, 0.6) is 5.75 Å². The quantitative estimate of drug-likeness (QED) is 0.811. The van der Waals surface area contributed by atoms with E-state index in [1.54, 1.807) is 35.2 Å². The van der Waals surface area contributed by atoms with E-state index >= 15 is 0 Å². The SMILES string of the molecule is COc1ccc(Cl)cc1S(=O)(=O)Nc1ccc(N(C(C)=O)C2CC2)cc1. The highest BCUT2D eigenvalue weighted by Gasteiger charge is 2.32. The minimum Gasteiger partial charge on any atom is -0.495 e. The molecule has 1 amide bonds. The summed E-state index contributed by atoms with van der Waals surface area (Å²) in [6.45, 7) is 1.53. The molecule has 0 heterocycles. The van der Waals surface area contributed by atoms with Crippen molar-refractivity contribution in [2.45, 2.75) is 30.7 Å². The molecule has 1 saturated carbocycles. The molecule has 8 heteroatoms. The second kappa shape index (κ2) is 7.17. The van der Waals surface area contributed by atoms with Gasteiger partial charge in [-0.1, -0.05) is 11.6 Å². The van der Waals surface area contributed by atoms with E-state index in [4.69, 9.17) is 16.3 Å². The number of hydrogen-bond acceptors (Lipinski definition) is 4. The van der Waals surface area contributed by atoms with Crippen molar-refractivity contribution in [3.8, 4) is 5.75 Å². The van der Waals surface area contributed by atoms with Crippen LogP contribution in [0.2, 0.25) is 5.02 Å². The van der Waals surface area contributed by atoms with Gasteiger partial charge in [-0.2, -0.15) is 0 Å². The molecule has 1 fully saturated rings. The van der Waals surface area contributed by atoms with E-state index in [0.717, 1.165) is 18.5 Å². The molecular weight excluding hydrogens is 376 g/mol. The molecule has 2 aromatic carbocycles. The third kappa shape index (κ3) is 3.94. The lowest BCUT2D eigenvalue weighted by molar-refractivity contribution is -0.116. The fraction of sp³-hybridized carbons (Fsp3) is 0.278. The van der Waals surface area contributed by atoms with Crippen molar-refractivity contribution in [2.75, 3.05) is 16.7 Å². The standard InChI is InChI=1S/C18H19ClN2O4S/c1-12(22)21(16-8-9-16)15-6-4-14(5-7-15)20-26(23,24)18-11-13(19)3-10-17(18)25-2/h3-7,10-11,16,20H,8-9H2,1-2H3. The first-order chi connectivity index (χ1) is 12.3. The largest absolute Gasteiger partial charge is 0.495 e. The van der Waals surface area contributed by atoms with Gasteiger partial charge in [0, 0.05) is 29.4 Å². The number of nitrogens with one attached hydrogen (secondary N) is 1. The van der Waals surface area contributed by atoms with Crippen LogP contribution in [0.3, 0.4) is 0 Å². The summed E-state index contributed by atoms with van der Waals surface area (Å²) < 4.78 is 32.9. The maximum atomic E-state index is 12.7. The van der Waals surface area contributed by atoms with E-state index in [1.165, 1.54) is 26.2 Å². The fourth-order valence-electron chi connectivity index (χ4n) is 2.74. The lowest BCUT2D eigenvalue weighted by Gasteiger charge is -2.21. The summed E-state index contributed by atoms with van der Waals surface area (Å²) in [6, 6.07) is 11.3. The number of carbonyl (C=O) groups is 1. The van der Waals surface area contributed by atoms with Crippen molar-refractivity contribution in [3.05, 3.63) is 47.5 Å². The van der Waals surface area contributed by atoms with Gasteiger partial charge in [0.1, 0.15) is 10.6 Å². The Morgan fingerprint density at radius 2 is 1.85 bits per heavy atom. The number of hydrogen-bond donors (Lipinski definition) is 1. The maximum absolute atomic E-state index is 12.7. The van der Waals surface area contributed by atoms with E-state index in [9.17, 15) is 13.2 Å². The van der Waals surface area contributed by atoms with Gasteiger partial charge in [-0.05, 0) is 55.3 Å². The summed E-state index contributed by atoms with van der Waals surface area (Å²) in [4.78, 5) is 13.5. The highest BCUT2D eigenvalue weighted by Crippen LogP contribution is 2.33. The number of anilines is 2. The van der Waals surface area contributed by atoms with Gasteiger partial charge in [-0.15, -0.1) is 0 Å². The second-order valence-electron chi connectivity index (χ2n) is 6.07. The molecule has 0 aliphatic heterocycles. The van der Waals surface area contributed by atoms with Crippen LogP contribution in [0, 0.1) is 0 Å². The Bertz CT molecular complexity index is 925. The number of nitrogens with zero attached hydrogens (tertiary/aromatic N) is 1. The van der Waals surface area contributed by atoms with Crippen molar-refractivity contribution in [3.63, 3.8) is 0 Å². The number of methoxy groups -OCH3 is 1. The van der Waals surface area contributed by atoms with E-state index < -0.39 is 10.0 Å². The molecule has 2 aromatic rings. The predicted molar refractivity (Wildman–Crippen MR) is 101 cm³/mol. The summed E-state index contributed by atoms with van der Waals surface area (Å²) in [6.07, 6.45) is 1.98. The third-order valence-electron chi connectivity index (χ3n) is 4.06. The van der Waals surface area contributed by atoms with Crippen LogP contribution in [-0.2, 0) is 14.8 Å². The van der Waals surface area contributed by atoms with Crippen LogP contribution in [0.25, 0.3) is 0 Å². The minimum atomic E-state index is -3.87. The van der Waals surface area contributed by atoms with Crippen LogP contribution >= 0.6 is 11.6 Å². The lowest BCUT2D eigenvalue weighted by atomic mass is 10.2. The number of sulfonamides is 1. The van der Waals surface area contributed by atoms with Crippen molar-refractivity contribution >= 4 is 38.9 Å². The van der Waals surface area contributed by atoms with E-state index in [1.807, 2.05) is 0 Å². The highest BCUT2D eigenvalue weighted by atomic mass is 35.5. The monoisotopic (exact) mass is 394 g/mol. The molecule has 0 spiro atoms. The predicted octanol–water partition coefficient (Wildman–Crippen LogP) is 3.66. The average Bonchev–Trinajstić information content (AvgIpc) is 3.41. The van der Waals surface area contributed by atoms with Gasteiger partial charge in [-0.3, -0.25) is 9.52 Å². The molecule has 138 valence electrons. The number of halogens is 1. The molecular formula is C18H19ClN2O4S. The molecule has 0 unspecified atom stereocenters. The van der Waals surface area contributed by atoms with E-state index in [0.29, 0.717) is 10.7 Å². The first-order valence-corrected chi connectivity index (χ1v) is 9.94. The fourth-order valence-corrected chi connectivity index (χ4v) is 4.23. The van der Waals surface area contributed by atoms with Crippen LogP contribution in [0.15, 0.2) is 47.4 Å². The Kier molecular flexibility index (Phi) is 5.11. The smallest absolute Gasteiger partial charge is 0.265 e. The molecule has 6 nitrogen and oxygen atoms in total. The molecule has 0 saturated heterocycles. The third-order valence-corrected chi connectivity index (χ3v) is 5.70. The molecule has 0 bridgehead atoms. The second-order valence-corrected chi connectivity index (χ2v) is 8.16. The zero-order chi connectivity index (χ0) is 18.9. The zero-order valence-corrected chi connectivity index (χ0v) is 16.0. The van der Waals surface area contributed by atoms with Gasteiger partial charge < -0.3 is 9.64 Å². The van der Waals surface area contributed by atoms with Crippen LogP contribution in [-0.4, -0.2) is 27.5 Å². The number of carbonyl (C=O) groups excluding carboxylic acids is 1. The Labute approximate surface area is 157 Å². The molecule has 1 N–H and O–H groups in total. The highest BCUT2D eigenvalue weighted by molar-refractivity contribution is 7.92. The number of rotatable bonds is 6. The van der Waals surface area contributed by atoms with Gasteiger partial charge in [0.05, 0.1) is 7.11 Å². The van der Waals surface area contributed by atoms with Crippen molar-refractivity contribution in [2.24, 2.45) is 0 Å². The Balaban J connectivity index is 1.84. The molecule has 3 rings (SSSR count). The summed E-state index contributed by atoms with van der Waals surface area (Å²) in [5, 5.41) is 0.294. The first-order valence-electron chi connectivity index (χ1n) is 8.08. The Hall–Kier alpha value is -2.25. The number of benzene rings is 2. The van der Waals surface area contributed by atoms with Gasteiger partial charge >= 0.3 is 0 Å². The number of ether oxygens (including phenoxy) is 1. The molecule has 0 aromatic heterocycles. The zero-order valence-electron chi connectivity index (χ0n) is 14.4. The maximum Gasteiger partial charge on any atom is 0.265 e. The van der Waals surface area contributed by atoms with Gasteiger partial charge in [0.25, 0.3) is 10.0 Å². The summed E-state index contributed by atoms with van der Waals surface area (Å²) in [5.74, 6) is 0.180. The lowest BCUT2D eigenvalue weighted by Crippen LogP contribution is -2.30. The molecule has 1 aliphatic carbocycles. The van der Waals surface area contributed by atoms with Crippen LogP contribution < -0.4 is 14.4 Å². The van der Waals surface area contributed by atoms with Crippen LogP contribution in [0.1, 0.15) is 19.8 Å². The number of amides is 1. The minimum absolute atomic E-state index is 0.0236. The summed E-state index contributed by atoms with van der Waals surface area (Å²) in [5.41, 5.74) is 1.14. The van der Waals surface area contributed by atoms with Crippen molar-refractivity contribution in [1.29, 1.82) is 0 Å². The molecule has 1 aliphatic rings. The van der Waals surface area contributed by atoms with E-state index in [2.05, 4.69) is 4.72 Å². The van der Waals surface area contributed by atoms with Crippen LogP contribution in [0.4, 0.5) is 11.4 Å². The molecule has 0 radical (unpaired) electrons. The Morgan fingerprint density at radius 3 is 2.38 bits per heavy atom. The summed E-state index contributed by atoms with van der Waals surface area (Å²) in [7, 11) is -2.48. The average molecular weight is 395 g/mol. The first kappa shape index (κ1) is 18.5. The molecule has 0 atom stereocenters. The van der Waals surface area contributed by atoms with E-state index in [-0.39, 0.29) is 22.6 Å². The topological polar surface area (TPSA) is 75.7 Å². The normalized spacial score (nSPS) is 14.0. The Morgan fingerprint density at radius 1 is 1.19 bits per heavy atom. The van der Waals surface area contributed by atoms with Crippen molar-refractivity contribution in [1.82, 2.24) is 0 Å².